The van der Waals surface area contributed by atoms with Crippen molar-refractivity contribution in [1.82, 2.24) is 10.1 Å². The zero-order valence-electron chi connectivity index (χ0n) is 12.2. The number of carbonyl (C=O) groups excluding carboxylic acids is 1. The Hall–Kier alpha value is -2.30. The number of aromatic nitrogens is 1. The molecule has 3 rings (SSSR count). The van der Waals surface area contributed by atoms with Crippen molar-refractivity contribution >= 4 is 5.91 Å². The fourth-order valence-electron chi connectivity index (χ4n) is 2.26. The van der Waals surface area contributed by atoms with Crippen LogP contribution in [-0.2, 0) is 11.3 Å². The molecule has 0 spiro atoms. The second kappa shape index (κ2) is 5.60. The molecule has 0 N–H and O–H groups in total. The van der Waals surface area contributed by atoms with E-state index in [2.05, 4.69) is 5.16 Å². The Kier molecular flexibility index (Phi) is 3.64. The van der Waals surface area contributed by atoms with Gasteiger partial charge in [-0.05, 0) is 25.0 Å². The fraction of sp³-hybridized carbons (Fsp3) is 0.375. The minimum atomic E-state index is 0.195. The van der Waals surface area contributed by atoms with Crippen LogP contribution in [0.15, 0.2) is 34.9 Å². The number of amides is 1. The SMILES string of the molecule is COc1cccc(-c2cc(CN(C)C(=O)C3CC3)no2)c1. The zero-order chi connectivity index (χ0) is 14.8. The number of ether oxygens (including phenoxy) is 1. The lowest BCUT2D eigenvalue weighted by Gasteiger charge is -2.14. The van der Waals surface area contributed by atoms with Crippen LogP contribution in [0, 0.1) is 5.92 Å². The topological polar surface area (TPSA) is 55.6 Å². The van der Waals surface area contributed by atoms with E-state index in [-0.39, 0.29) is 11.8 Å². The Bertz CT molecular complexity index is 646. The van der Waals surface area contributed by atoms with Gasteiger partial charge in [0.05, 0.1) is 13.7 Å². The van der Waals surface area contributed by atoms with E-state index in [9.17, 15) is 4.79 Å². The molecule has 1 fully saturated rings. The first-order valence-electron chi connectivity index (χ1n) is 7.02. The molecule has 0 bridgehead atoms. The van der Waals surface area contributed by atoms with Crippen LogP contribution in [-0.4, -0.2) is 30.1 Å². The summed E-state index contributed by atoms with van der Waals surface area (Å²) in [5.74, 6) is 1.86. The Balaban J connectivity index is 1.71. The summed E-state index contributed by atoms with van der Waals surface area (Å²) in [6.07, 6.45) is 2.02. The van der Waals surface area contributed by atoms with Crippen molar-refractivity contribution in [3.63, 3.8) is 0 Å². The minimum absolute atomic E-state index is 0.195. The highest BCUT2D eigenvalue weighted by Gasteiger charge is 2.32. The third-order valence-corrected chi connectivity index (χ3v) is 3.62. The maximum Gasteiger partial charge on any atom is 0.225 e. The molecule has 1 saturated carbocycles. The van der Waals surface area contributed by atoms with Gasteiger partial charge in [0.15, 0.2) is 5.76 Å². The predicted octanol–water partition coefficient (Wildman–Crippen LogP) is 2.72. The summed E-state index contributed by atoms with van der Waals surface area (Å²) in [5.41, 5.74) is 1.66. The van der Waals surface area contributed by atoms with Gasteiger partial charge in [-0.1, -0.05) is 17.3 Å². The quantitative estimate of drug-likeness (QED) is 0.848. The molecule has 1 heterocycles. The number of hydrogen-bond donors (Lipinski definition) is 0. The van der Waals surface area contributed by atoms with Crippen LogP contribution in [0.1, 0.15) is 18.5 Å². The molecule has 1 aromatic heterocycles. The van der Waals surface area contributed by atoms with Gasteiger partial charge >= 0.3 is 0 Å². The van der Waals surface area contributed by atoms with Crippen molar-refractivity contribution in [2.24, 2.45) is 5.92 Å². The summed E-state index contributed by atoms with van der Waals surface area (Å²) in [6.45, 7) is 0.475. The van der Waals surface area contributed by atoms with Crippen LogP contribution in [0.25, 0.3) is 11.3 Å². The molecule has 1 aromatic carbocycles. The molecule has 2 aromatic rings. The van der Waals surface area contributed by atoms with Gasteiger partial charge in [0.1, 0.15) is 11.4 Å². The summed E-state index contributed by atoms with van der Waals surface area (Å²) < 4.78 is 10.6. The summed E-state index contributed by atoms with van der Waals surface area (Å²) in [4.78, 5) is 13.6. The van der Waals surface area contributed by atoms with Crippen LogP contribution in [0.2, 0.25) is 0 Å². The molecule has 110 valence electrons. The number of hydrogen-bond acceptors (Lipinski definition) is 4. The summed E-state index contributed by atoms with van der Waals surface area (Å²) in [5, 5.41) is 4.04. The molecule has 5 heteroatoms. The van der Waals surface area contributed by atoms with Gasteiger partial charge in [0.2, 0.25) is 5.91 Å². The smallest absolute Gasteiger partial charge is 0.225 e. The summed E-state index contributed by atoms with van der Waals surface area (Å²) >= 11 is 0. The van der Waals surface area contributed by atoms with E-state index in [1.165, 1.54) is 0 Å². The Morgan fingerprint density at radius 1 is 1.43 bits per heavy atom. The number of methoxy groups -OCH3 is 1. The minimum Gasteiger partial charge on any atom is -0.497 e. The van der Waals surface area contributed by atoms with Gasteiger partial charge in [-0.3, -0.25) is 4.79 Å². The van der Waals surface area contributed by atoms with Gasteiger partial charge in [-0.25, -0.2) is 0 Å². The number of rotatable bonds is 5. The van der Waals surface area contributed by atoms with Gasteiger partial charge in [0, 0.05) is 24.6 Å². The molecule has 0 saturated heterocycles. The van der Waals surface area contributed by atoms with Crippen LogP contribution in [0.4, 0.5) is 0 Å². The zero-order valence-corrected chi connectivity index (χ0v) is 12.2. The molecule has 5 nitrogen and oxygen atoms in total. The van der Waals surface area contributed by atoms with Crippen molar-refractivity contribution in [1.29, 1.82) is 0 Å². The van der Waals surface area contributed by atoms with Crippen LogP contribution in [0.3, 0.4) is 0 Å². The van der Waals surface area contributed by atoms with Crippen LogP contribution < -0.4 is 4.74 Å². The first-order chi connectivity index (χ1) is 10.2. The Morgan fingerprint density at radius 3 is 2.95 bits per heavy atom. The highest BCUT2D eigenvalue weighted by Crippen LogP contribution is 2.31. The summed E-state index contributed by atoms with van der Waals surface area (Å²) in [7, 11) is 3.43. The van der Waals surface area contributed by atoms with Gasteiger partial charge < -0.3 is 14.2 Å². The normalized spacial score (nSPS) is 14.0. The van der Waals surface area contributed by atoms with Crippen molar-refractivity contribution in [2.75, 3.05) is 14.2 Å². The van der Waals surface area contributed by atoms with Crippen molar-refractivity contribution in [2.45, 2.75) is 19.4 Å². The second-order valence-corrected chi connectivity index (χ2v) is 5.38. The molecular weight excluding hydrogens is 268 g/mol. The van der Waals surface area contributed by atoms with E-state index >= 15 is 0 Å². The molecule has 1 aliphatic carbocycles. The van der Waals surface area contributed by atoms with E-state index in [0.717, 1.165) is 29.8 Å². The Labute approximate surface area is 123 Å². The van der Waals surface area contributed by atoms with E-state index in [0.29, 0.717) is 12.3 Å². The van der Waals surface area contributed by atoms with Crippen LogP contribution in [0.5, 0.6) is 5.75 Å². The highest BCUT2D eigenvalue weighted by atomic mass is 16.5. The number of carbonyl (C=O) groups is 1. The van der Waals surface area contributed by atoms with E-state index < -0.39 is 0 Å². The number of nitrogens with zero attached hydrogens (tertiary/aromatic N) is 2. The maximum atomic E-state index is 11.9. The standard InChI is InChI=1S/C16H18N2O3/c1-18(16(19)11-6-7-11)10-13-9-15(21-17-13)12-4-3-5-14(8-12)20-2/h3-5,8-9,11H,6-7,10H2,1-2H3. The van der Waals surface area contributed by atoms with Crippen molar-refractivity contribution in [3.8, 4) is 17.1 Å². The third-order valence-electron chi connectivity index (χ3n) is 3.62. The molecule has 1 amide bonds. The predicted molar refractivity (Wildman–Crippen MR) is 77.7 cm³/mol. The lowest BCUT2D eigenvalue weighted by Crippen LogP contribution is -2.27. The average Bonchev–Trinajstić information content (AvgIpc) is 3.26. The Morgan fingerprint density at radius 2 is 2.24 bits per heavy atom. The molecular formula is C16H18N2O3. The summed E-state index contributed by atoms with van der Waals surface area (Å²) in [6, 6.07) is 9.47. The van der Waals surface area contributed by atoms with Crippen molar-refractivity contribution in [3.05, 3.63) is 36.0 Å². The third kappa shape index (κ3) is 3.07. The number of benzene rings is 1. The average molecular weight is 286 g/mol. The maximum absolute atomic E-state index is 11.9. The highest BCUT2D eigenvalue weighted by molar-refractivity contribution is 5.80. The van der Waals surface area contributed by atoms with Gasteiger partial charge in [0.25, 0.3) is 0 Å². The monoisotopic (exact) mass is 286 g/mol. The lowest BCUT2D eigenvalue weighted by molar-refractivity contribution is -0.131. The lowest BCUT2D eigenvalue weighted by atomic mass is 10.1. The second-order valence-electron chi connectivity index (χ2n) is 5.38. The molecule has 0 unspecified atom stereocenters. The van der Waals surface area contributed by atoms with Gasteiger partial charge in [-0.2, -0.15) is 0 Å². The first-order valence-corrected chi connectivity index (χ1v) is 7.02. The molecule has 0 atom stereocenters. The van der Waals surface area contributed by atoms with E-state index in [4.69, 9.17) is 9.26 Å². The molecule has 0 radical (unpaired) electrons. The molecule has 21 heavy (non-hydrogen) atoms. The largest absolute Gasteiger partial charge is 0.497 e. The molecule has 0 aliphatic heterocycles. The van der Waals surface area contributed by atoms with E-state index in [1.807, 2.05) is 30.3 Å². The van der Waals surface area contributed by atoms with E-state index in [1.54, 1.807) is 19.1 Å². The van der Waals surface area contributed by atoms with Crippen LogP contribution >= 0.6 is 0 Å². The van der Waals surface area contributed by atoms with Crippen molar-refractivity contribution < 1.29 is 14.1 Å². The fourth-order valence-corrected chi connectivity index (χ4v) is 2.26. The molecule has 1 aliphatic rings. The first kappa shape index (κ1) is 13.7. The van der Waals surface area contributed by atoms with Gasteiger partial charge in [-0.15, -0.1) is 0 Å².